The first kappa shape index (κ1) is 13.8. The zero-order valence-corrected chi connectivity index (χ0v) is 11.5. The lowest BCUT2D eigenvalue weighted by atomic mass is 10.2. The van der Waals surface area contributed by atoms with Crippen LogP contribution in [0.1, 0.15) is 38.2 Å². The van der Waals surface area contributed by atoms with Gasteiger partial charge >= 0.3 is 0 Å². The molecule has 2 N–H and O–H groups in total. The van der Waals surface area contributed by atoms with E-state index in [0.29, 0.717) is 11.7 Å². The molecule has 104 valence electrons. The van der Waals surface area contributed by atoms with E-state index in [1.54, 1.807) is 13.0 Å². The molecule has 3 nitrogen and oxygen atoms in total. The SMILES string of the molecule is Cc1ccc(NC(C)C(=O)NC2CCCC2)c(F)c1. The number of carbonyl (C=O) groups is 1. The van der Waals surface area contributed by atoms with E-state index in [1.165, 1.54) is 18.9 Å². The van der Waals surface area contributed by atoms with Gasteiger partial charge in [-0.1, -0.05) is 18.9 Å². The molecule has 1 fully saturated rings. The molecule has 1 amide bonds. The number of carbonyl (C=O) groups excluding carboxylic acids is 1. The Morgan fingerprint density at radius 2 is 2.05 bits per heavy atom. The summed E-state index contributed by atoms with van der Waals surface area (Å²) in [6.45, 7) is 3.59. The molecule has 0 aromatic heterocycles. The predicted molar refractivity (Wildman–Crippen MR) is 74.6 cm³/mol. The molecule has 1 aliphatic carbocycles. The minimum atomic E-state index is -0.433. The van der Waals surface area contributed by atoms with Crippen molar-refractivity contribution in [3.05, 3.63) is 29.6 Å². The highest BCUT2D eigenvalue weighted by atomic mass is 19.1. The lowest BCUT2D eigenvalue weighted by Gasteiger charge is -2.19. The normalized spacial score (nSPS) is 17.2. The lowest BCUT2D eigenvalue weighted by molar-refractivity contribution is -0.122. The fourth-order valence-electron chi connectivity index (χ4n) is 2.43. The number of halogens is 1. The van der Waals surface area contributed by atoms with Crippen molar-refractivity contribution in [3.8, 4) is 0 Å². The van der Waals surface area contributed by atoms with Gasteiger partial charge in [0.25, 0.3) is 0 Å². The van der Waals surface area contributed by atoms with E-state index in [0.717, 1.165) is 18.4 Å². The summed E-state index contributed by atoms with van der Waals surface area (Å²) in [5, 5.41) is 5.93. The monoisotopic (exact) mass is 264 g/mol. The second kappa shape index (κ2) is 6.04. The van der Waals surface area contributed by atoms with Gasteiger partial charge in [0, 0.05) is 6.04 Å². The Hall–Kier alpha value is -1.58. The summed E-state index contributed by atoms with van der Waals surface area (Å²) in [7, 11) is 0. The third-order valence-corrected chi connectivity index (χ3v) is 3.59. The number of amides is 1. The first-order chi connectivity index (χ1) is 9.06. The Kier molecular flexibility index (Phi) is 4.40. The van der Waals surface area contributed by atoms with Gasteiger partial charge in [-0.15, -0.1) is 0 Å². The fraction of sp³-hybridized carbons (Fsp3) is 0.533. The van der Waals surface area contributed by atoms with E-state index >= 15 is 0 Å². The molecule has 0 spiro atoms. The van der Waals surface area contributed by atoms with E-state index in [4.69, 9.17) is 0 Å². The van der Waals surface area contributed by atoms with E-state index in [2.05, 4.69) is 10.6 Å². The number of benzene rings is 1. The molecule has 0 radical (unpaired) electrons. The quantitative estimate of drug-likeness (QED) is 0.877. The van der Waals surface area contributed by atoms with Gasteiger partial charge in [-0.2, -0.15) is 0 Å². The van der Waals surface area contributed by atoms with Crippen LogP contribution in [0.5, 0.6) is 0 Å². The number of anilines is 1. The predicted octanol–water partition coefficient (Wildman–Crippen LogP) is 2.99. The van der Waals surface area contributed by atoms with Crippen molar-refractivity contribution < 1.29 is 9.18 Å². The fourth-order valence-corrected chi connectivity index (χ4v) is 2.43. The van der Waals surface area contributed by atoms with Crippen LogP contribution in [0.2, 0.25) is 0 Å². The van der Waals surface area contributed by atoms with Crippen LogP contribution in [0.25, 0.3) is 0 Å². The Labute approximate surface area is 113 Å². The number of hydrogen-bond acceptors (Lipinski definition) is 2. The van der Waals surface area contributed by atoms with E-state index in [9.17, 15) is 9.18 Å². The minimum absolute atomic E-state index is 0.0631. The molecule has 1 aromatic carbocycles. The summed E-state index contributed by atoms with van der Waals surface area (Å²) in [6.07, 6.45) is 4.47. The first-order valence-corrected chi connectivity index (χ1v) is 6.89. The van der Waals surface area contributed by atoms with Crippen molar-refractivity contribution in [2.24, 2.45) is 0 Å². The van der Waals surface area contributed by atoms with Crippen LogP contribution in [0.15, 0.2) is 18.2 Å². The molecule has 19 heavy (non-hydrogen) atoms. The summed E-state index contributed by atoms with van der Waals surface area (Å²) in [5.74, 6) is -0.382. The zero-order chi connectivity index (χ0) is 13.8. The second-order valence-corrected chi connectivity index (χ2v) is 5.34. The van der Waals surface area contributed by atoms with Gasteiger partial charge < -0.3 is 10.6 Å². The highest BCUT2D eigenvalue weighted by Crippen LogP contribution is 2.19. The maximum atomic E-state index is 13.7. The van der Waals surface area contributed by atoms with Crippen LogP contribution in [0.3, 0.4) is 0 Å². The molecule has 4 heteroatoms. The standard InChI is InChI=1S/C15H21FN2O/c1-10-7-8-14(13(16)9-10)17-11(2)15(19)18-12-5-3-4-6-12/h7-9,11-12,17H,3-6H2,1-2H3,(H,18,19). The van der Waals surface area contributed by atoms with Crippen LogP contribution in [0.4, 0.5) is 10.1 Å². The van der Waals surface area contributed by atoms with Gasteiger partial charge in [-0.25, -0.2) is 4.39 Å². The molecular weight excluding hydrogens is 243 g/mol. The largest absolute Gasteiger partial charge is 0.372 e. The molecule has 0 saturated heterocycles. The lowest BCUT2D eigenvalue weighted by Crippen LogP contribution is -2.42. The van der Waals surface area contributed by atoms with Crippen LogP contribution >= 0.6 is 0 Å². The van der Waals surface area contributed by atoms with Gasteiger partial charge in [-0.3, -0.25) is 4.79 Å². The van der Waals surface area contributed by atoms with E-state index in [1.807, 2.05) is 13.0 Å². The van der Waals surface area contributed by atoms with Crippen molar-refractivity contribution in [3.63, 3.8) is 0 Å². The average molecular weight is 264 g/mol. The van der Waals surface area contributed by atoms with Gasteiger partial charge in [-0.05, 0) is 44.4 Å². The average Bonchev–Trinajstić information content (AvgIpc) is 2.85. The Morgan fingerprint density at radius 1 is 1.37 bits per heavy atom. The van der Waals surface area contributed by atoms with Crippen LogP contribution < -0.4 is 10.6 Å². The van der Waals surface area contributed by atoms with E-state index in [-0.39, 0.29) is 11.7 Å². The number of hydrogen-bond donors (Lipinski definition) is 2. The molecule has 1 atom stereocenters. The third-order valence-electron chi connectivity index (χ3n) is 3.59. The summed E-state index contributed by atoms with van der Waals surface area (Å²) >= 11 is 0. The maximum absolute atomic E-state index is 13.7. The van der Waals surface area contributed by atoms with Gasteiger partial charge in [0.2, 0.25) is 5.91 Å². The van der Waals surface area contributed by atoms with Gasteiger partial charge in [0.05, 0.1) is 5.69 Å². The summed E-state index contributed by atoms with van der Waals surface area (Å²) in [5.41, 5.74) is 1.24. The molecule has 1 saturated carbocycles. The molecule has 1 aromatic rings. The Morgan fingerprint density at radius 3 is 2.68 bits per heavy atom. The third kappa shape index (κ3) is 3.69. The van der Waals surface area contributed by atoms with Crippen LogP contribution in [0, 0.1) is 12.7 Å². The number of nitrogens with one attached hydrogen (secondary N) is 2. The highest BCUT2D eigenvalue weighted by molar-refractivity contribution is 5.84. The summed E-state index contributed by atoms with van der Waals surface area (Å²) < 4.78 is 13.7. The zero-order valence-electron chi connectivity index (χ0n) is 11.5. The number of aryl methyl sites for hydroxylation is 1. The number of rotatable bonds is 4. The topological polar surface area (TPSA) is 41.1 Å². The van der Waals surface area contributed by atoms with E-state index < -0.39 is 6.04 Å². The first-order valence-electron chi connectivity index (χ1n) is 6.89. The Balaban J connectivity index is 1.92. The van der Waals surface area contributed by atoms with Crippen molar-refractivity contribution in [1.82, 2.24) is 5.32 Å². The van der Waals surface area contributed by atoms with Crippen LogP contribution in [-0.4, -0.2) is 18.0 Å². The molecular formula is C15H21FN2O. The van der Waals surface area contributed by atoms with Crippen LogP contribution in [-0.2, 0) is 4.79 Å². The second-order valence-electron chi connectivity index (χ2n) is 5.34. The van der Waals surface area contributed by atoms with Crippen molar-refractivity contribution in [2.45, 2.75) is 51.6 Å². The molecule has 1 unspecified atom stereocenters. The highest BCUT2D eigenvalue weighted by Gasteiger charge is 2.21. The van der Waals surface area contributed by atoms with Crippen molar-refractivity contribution >= 4 is 11.6 Å². The summed E-state index contributed by atoms with van der Waals surface area (Å²) in [6, 6.07) is 4.82. The molecule has 1 aliphatic rings. The van der Waals surface area contributed by atoms with Crippen molar-refractivity contribution in [2.75, 3.05) is 5.32 Å². The van der Waals surface area contributed by atoms with Crippen molar-refractivity contribution in [1.29, 1.82) is 0 Å². The molecule has 0 heterocycles. The molecule has 2 rings (SSSR count). The minimum Gasteiger partial charge on any atom is -0.372 e. The molecule has 0 aliphatic heterocycles. The molecule has 0 bridgehead atoms. The summed E-state index contributed by atoms with van der Waals surface area (Å²) in [4.78, 5) is 12.0. The smallest absolute Gasteiger partial charge is 0.242 e. The van der Waals surface area contributed by atoms with Gasteiger partial charge in [0.1, 0.15) is 11.9 Å². The Bertz CT molecular complexity index is 455. The van der Waals surface area contributed by atoms with Gasteiger partial charge in [0.15, 0.2) is 0 Å². The maximum Gasteiger partial charge on any atom is 0.242 e.